The number of carbonyl (C=O) groups excluding carboxylic acids is 1. The van der Waals surface area contributed by atoms with E-state index in [9.17, 15) is 13.6 Å². The molecule has 0 spiro atoms. The lowest BCUT2D eigenvalue weighted by molar-refractivity contribution is 0.159. The van der Waals surface area contributed by atoms with Gasteiger partial charge in [0.05, 0.1) is 6.61 Å². The summed E-state index contributed by atoms with van der Waals surface area (Å²) < 4.78 is 32.0. The van der Waals surface area contributed by atoms with Gasteiger partial charge in [0.2, 0.25) is 0 Å². The average Bonchev–Trinajstić information content (AvgIpc) is 2.95. The van der Waals surface area contributed by atoms with Crippen molar-refractivity contribution in [1.29, 1.82) is 0 Å². The maximum Gasteiger partial charge on any atom is 0.315 e. The number of rotatable bonds is 7. The van der Waals surface area contributed by atoms with Crippen LogP contribution in [0.1, 0.15) is 12.0 Å². The second-order valence-electron chi connectivity index (χ2n) is 5.63. The van der Waals surface area contributed by atoms with Crippen LogP contribution in [0.15, 0.2) is 18.2 Å². The first kappa shape index (κ1) is 17.6. The molecule has 2 rings (SSSR count). The molecule has 1 aliphatic heterocycles. The van der Waals surface area contributed by atoms with Crippen LogP contribution < -0.4 is 10.6 Å². The molecule has 0 saturated carbocycles. The second-order valence-corrected chi connectivity index (χ2v) is 5.63. The highest BCUT2D eigenvalue weighted by Crippen LogP contribution is 2.12. The minimum Gasteiger partial charge on any atom is -0.383 e. The number of urea groups is 1. The summed E-state index contributed by atoms with van der Waals surface area (Å²) in [5.74, 6) is -1.17. The number of hydrogen-bond acceptors (Lipinski definition) is 3. The van der Waals surface area contributed by atoms with Gasteiger partial charge in [-0.05, 0) is 25.0 Å². The van der Waals surface area contributed by atoms with Gasteiger partial charge >= 0.3 is 6.03 Å². The lowest BCUT2D eigenvalue weighted by Crippen LogP contribution is -2.44. The van der Waals surface area contributed by atoms with Crippen LogP contribution in [0.4, 0.5) is 13.6 Å². The molecule has 2 N–H and O–H groups in total. The Morgan fingerprint density at radius 1 is 1.39 bits per heavy atom. The largest absolute Gasteiger partial charge is 0.383 e. The molecule has 0 aliphatic carbocycles. The molecule has 1 saturated heterocycles. The fourth-order valence-electron chi connectivity index (χ4n) is 2.68. The molecule has 0 unspecified atom stereocenters. The van der Waals surface area contributed by atoms with E-state index in [1.165, 1.54) is 18.2 Å². The van der Waals surface area contributed by atoms with E-state index in [0.717, 1.165) is 26.1 Å². The van der Waals surface area contributed by atoms with Crippen LogP contribution in [0.2, 0.25) is 0 Å². The predicted octanol–water partition coefficient (Wildman–Crippen LogP) is 1.53. The van der Waals surface area contributed by atoms with Gasteiger partial charge in [-0.15, -0.1) is 0 Å². The SMILES string of the molecule is COCCN1CC[C@@H](NC(=O)NCCc2c(F)cccc2F)C1. The summed E-state index contributed by atoms with van der Waals surface area (Å²) in [7, 11) is 1.66. The fraction of sp³-hybridized carbons (Fsp3) is 0.562. The smallest absolute Gasteiger partial charge is 0.315 e. The summed E-state index contributed by atoms with van der Waals surface area (Å²) in [5, 5.41) is 5.52. The van der Waals surface area contributed by atoms with Crippen LogP contribution >= 0.6 is 0 Å². The summed E-state index contributed by atoms with van der Waals surface area (Å²) in [6, 6.07) is 3.54. The minimum absolute atomic E-state index is 0.000549. The Balaban J connectivity index is 1.68. The van der Waals surface area contributed by atoms with Crippen molar-refractivity contribution in [3.63, 3.8) is 0 Å². The maximum atomic E-state index is 13.5. The van der Waals surface area contributed by atoms with E-state index in [1.54, 1.807) is 7.11 Å². The van der Waals surface area contributed by atoms with Gasteiger partial charge in [-0.2, -0.15) is 0 Å². The van der Waals surface area contributed by atoms with Gasteiger partial charge in [-0.3, -0.25) is 4.90 Å². The van der Waals surface area contributed by atoms with Crippen molar-refractivity contribution in [1.82, 2.24) is 15.5 Å². The van der Waals surface area contributed by atoms with Gasteiger partial charge in [0.1, 0.15) is 11.6 Å². The average molecular weight is 327 g/mol. The lowest BCUT2D eigenvalue weighted by atomic mass is 10.1. The van der Waals surface area contributed by atoms with E-state index in [0.29, 0.717) is 6.61 Å². The normalized spacial score (nSPS) is 18.1. The minimum atomic E-state index is -0.586. The number of carbonyl (C=O) groups is 1. The van der Waals surface area contributed by atoms with Crippen LogP contribution in [-0.2, 0) is 11.2 Å². The zero-order valence-corrected chi connectivity index (χ0v) is 13.3. The number of hydrogen-bond donors (Lipinski definition) is 2. The van der Waals surface area contributed by atoms with Gasteiger partial charge in [0, 0.05) is 44.9 Å². The molecule has 0 aromatic heterocycles. The Morgan fingerprint density at radius 3 is 2.83 bits per heavy atom. The number of methoxy groups -OCH3 is 1. The molecule has 1 aromatic rings. The van der Waals surface area contributed by atoms with Gasteiger partial charge in [0.15, 0.2) is 0 Å². The van der Waals surface area contributed by atoms with Crippen molar-refractivity contribution in [2.24, 2.45) is 0 Å². The number of benzene rings is 1. The summed E-state index contributed by atoms with van der Waals surface area (Å²) in [6.07, 6.45) is 1.01. The van der Waals surface area contributed by atoms with Crippen molar-refractivity contribution >= 4 is 6.03 Å². The van der Waals surface area contributed by atoms with Gasteiger partial charge in [0.25, 0.3) is 0 Å². The molecule has 1 atom stereocenters. The first-order valence-corrected chi connectivity index (χ1v) is 7.78. The monoisotopic (exact) mass is 327 g/mol. The van der Waals surface area contributed by atoms with Gasteiger partial charge in [-0.25, -0.2) is 13.6 Å². The van der Waals surface area contributed by atoms with E-state index in [2.05, 4.69) is 15.5 Å². The number of ether oxygens (including phenoxy) is 1. The van der Waals surface area contributed by atoms with Crippen molar-refractivity contribution in [3.05, 3.63) is 35.4 Å². The molecule has 0 radical (unpaired) electrons. The summed E-state index contributed by atoms with van der Waals surface area (Å²) in [5.41, 5.74) is -0.000549. The zero-order valence-electron chi connectivity index (χ0n) is 13.3. The van der Waals surface area contributed by atoms with E-state index in [-0.39, 0.29) is 30.6 Å². The number of amides is 2. The van der Waals surface area contributed by atoms with Crippen LogP contribution in [0.5, 0.6) is 0 Å². The molecule has 23 heavy (non-hydrogen) atoms. The quantitative estimate of drug-likeness (QED) is 0.798. The lowest BCUT2D eigenvalue weighted by Gasteiger charge is -2.16. The van der Waals surface area contributed by atoms with E-state index in [1.807, 2.05) is 0 Å². The van der Waals surface area contributed by atoms with Gasteiger partial charge in [-0.1, -0.05) is 6.07 Å². The molecule has 7 heteroatoms. The molecule has 1 aliphatic rings. The number of likely N-dealkylation sites (tertiary alicyclic amines) is 1. The Morgan fingerprint density at radius 2 is 2.13 bits per heavy atom. The third-order valence-electron chi connectivity index (χ3n) is 3.94. The molecule has 0 bridgehead atoms. The maximum absolute atomic E-state index is 13.5. The highest BCUT2D eigenvalue weighted by atomic mass is 19.1. The Kier molecular flexibility index (Phi) is 6.73. The third-order valence-corrected chi connectivity index (χ3v) is 3.94. The van der Waals surface area contributed by atoms with E-state index < -0.39 is 11.6 Å². The number of nitrogens with zero attached hydrogens (tertiary/aromatic N) is 1. The van der Waals surface area contributed by atoms with Crippen molar-refractivity contribution in [3.8, 4) is 0 Å². The Bertz CT molecular complexity index is 508. The standard InChI is InChI=1S/C16H23F2N3O2/c1-23-10-9-21-8-6-12(11-21)20-16(22)19-7-5-13-14(17)3-2-4-15(13)18/h2-4,12H,5-11H2,1H3,(H2,19,20,22)/t12-/m1/s1. The van der Waals surface area contributed by atoms with Crippen LogP contribution in [0.25, 0.3) is 0 Å². The van der Waals surface area contributed by atoms with Crippen molar-refractivity contribution in [2.75, 3.05) is 39.9 Å². The molecule has 1 aromatic carbocycles. The third kappa shape index (κ3) is 5.44. The Hall–Kier alpha value is -1.73. The summed E-state index contributed by atoms with van der Waals surface area (Å²) in [4.78, 5) is 14.1. The van der Waals surface area contributed by atoms with Crippen LogP contribution in [0.3, 0.4) is 0 Å². The van der Waals surface area contributed by atoms with Crippen LogP contribution in [-0.4, -0.2) is 56.9 Å². The molecule has 2 amide bonds. The first-order chi connectivity index (χ1) is 11.1. The molecular formula is C16H23F2N3O2. The zero-order chi connectivity index (χ0) is 16.7. The number of nitrogens with one attached hydrogen (secondary N) is 2. The van der Waals surface area contributed by atoms with Crippen LogP contribution in [0, 0.1) is 11.6 Å². The first-order valence-electron chi connectivity index (χ1n) is 7.78. The molecule has 128 valence electrons. The molecule has 1 heterocycles. The molecular weight excluding hydrogens is 304 g/mol. The second kappa shape index (κ2) is 8.79. The highest BCUT2D eigenvalue weighted by Gasteiger charge is 2.23. The molecule has 1 fully saturated rings. The summed E-state index contributed by atoms with van der Waals surface area (Å²) >= 11 is 0. The van der Waals surface area contributed by atoms with Crippen molar-refractivity contribution in [2.45, 2.75) is 18.9 Å². The topological polar surface area (TPSA) is 53.6 Å². The van der Waals surface area contributed by atoms with E-state index >= 15 is 0 Å². The van der Waals surface area contributed by atoms with Crippen molar-refractivity contribution < 1.29 is 18.3 Å². The molecule has 5 nitrogen and oxygen atoms in total. The number of halogens is 2. The highest BCUT2D eigenvalue weighted by molar-refractivity contribution is 5.74. The predicted molar refractivity (Wildman–Crippen MR) is 83.3 cm³/mol. The van der Waals surface area contributed by atoms with Gasteiger partial charge < -0.3 is 15.4 Å². The Labute approximate surface area is 135 Å². The fourth-order valence-corrected chi connectivity index (χ4v) is 2.68. The van der Waals surface area contributed by atoms with E-state index in [4.69, 9.17) is 4.74 Å². The summed E-state index contributed by atoms with van der Waals surface area (Å²) in [6.45, 7) is 3.42.